The first-order chi connectivity index (χ1) is 14.1. The second-order valence-electron chi connectivity index (χ2n) is 7.51. The first-order valence-corrected chi connectivity index (χ1v) is 9.54. The fourth-order valence-electron chi connectivity index (χ4n) is 3.16. The lowest BCUT2D eigenvalue weighted by atomic mass is 9.97. The van der Waals surface area contributed by atoms with Gasteiger partial charge in [0.1, 0.15) is 18.3 Å². The third kappa shape index (κ3) is 7.01. The van der Waals surface area contributed by atoms with Gasteiger partial charge in [-0.1, -0.05) is 30.3 Å². The van der Waals surface area contributed by atoms with Gasteiger partial charge in [-0.05, 0) is 18.9 Å². The molecule has 0 saturated carbocycles. The maximum Gasteiger partial charge on any atom is 0.309 e. The molecule has 1 heterocycles. The molecule has 1 aromatic rings. The van der Waals surface area contributed by atoms with E-state index in [2.05, 4.69) is 0 Å². The topological polar surface area (TPSA) is 163 Å². The average Bonchev–Trinajstić information content (AvgIpc) is 2.66. The van der Waals surface area contributed by atoms with Crippen molar-refractivity contribution in [2.75, 3.05) is 13.2 Å². The smallest absolute Gasteiger partial charge is 0.309 e. The minimum atomic E-state index is -1.87. The van der Waals surface area contributed by atoms with Crippen LogP contribution in [0, 0.1) is 0 Å². The number of rotatable bonds is 10. The van der Waals surface area contributed by atoms with Crippen LogP contribution in [0.3, 0.4) is 0 Å². The molecule has 0 aromatic heterocycles. The summed E-state index contributed by atoms with van der Waals surface area (Å²) >= 11 is 0. The molecule has 0 radical (unpaired) electrons. The molecule has 0 aliphatic carbocycles. The third-order valence-electron chi connectivity index (χ3n) is 4.66. The number of benzene rings is 1. The summed E-state index contributed by atoms with van der Waals surface area (Å²) in [5.41, 5.74) is -0.878. The number of hydrogen-bond donors (Lipinski definition) is 5. The standard InChI is InChI=1S/C20H28O10/c1-20(27,9-14(22)23)10-15(24)30-18-16(25)13(11-21)29-19(17(18)26)28-8-7-12-5-3-2-4-6-12/h2-6,13,16-19,21,25-27H,7-11H2,1H3,(H,22,23)/t13-,16-,17-,18+,19-,20?/m1/s1. The predicted molar refractivity (Wildman–Crippen MR) is 101 cm³/mol. The van der Waals surface area contributed by atoms with Crippen molar-refractivity contribution in [3.8, 4) is 0 Å². The van der Waals surface area contributed by atoms with Crippen LogP contribution in [0.4, 0.5) is 0 Å². The quantitative estimate of drug-likeness (QED) is 0.299. The van der Waals surface area contributed by atoms with Crippen molar-refractivity contribution in [3.05, 3.63) is 35.9 Å². The molecule has 1 aliphatic rings. The van der Waals surface area contributed by atoms with E-state index < -0.39 is 67.7 Å². The fraction of sp³-hybridized carbons (Fsp3) is 0.600. The van der Waals surface area contributed by atoms with Gasteiger partial charge in [-0.2, -0.15) is 0 Å². The number of carboxylic acid groups (broad SMARTS) is 1. The zero-order chi connectivity index (χ0) is 22.3. The zero-order valence-corrected chi connectivity index (χ0v) is 16.6. The van der Waals surface area contributed by atoms with Crippen LogP contribution in [0.15, 0.2) is 30.3 Å². The van der Waals surface area contributed by atoms with Crippen LogP contribution in [0.5, 0.6) is 0 Å². The summed E-state index contributed by atoms with van der Waals surface area (Å²) in [5, 5.41) is 49.0. The van der Waals surface area contributed by atoms with E-state index in [9.17, 15) is 30.0 Å². The maximum atomic E-state index is 12.2. The summed E-state index contributed by atoms with van der Waals surface area (Å²) in [4.78, 5) is 22.9. The lowest BCUT2D eigenvalue weighted by Crippen LogP contribution is -2.60. The summed E-state index contributed by atoms with van der Waals surface area (Å²) in [7, 11) is 0. The van der Waals surface area contributed by atoms with Crippen molar-refractivity contribution in [1.82, 2.24) is 0 Å². The molecule has 0 spiro atoms. The number of hydrogen-bond acceptors (Lipinski definition) is 9. The van der Waals surface area contributed by atoms with E-state index in [4.69, 9.17) is 19.3 Å². The van der Waals surface area contributed by atoms with E-state index in [0.29, 0.717) is 6.42 Å². The number of carbonyl (C=O) groups excluding carboxylic acids is 1. The van der Waals surface area contributed by atoms with Crippen molar-refractivity contribution in [2.45, 2.75) is 62.5 Å². The van der Waals surface area contributed by atoms with Gasteiger partial charge >= 0.3 is 11.9 Å². The molecule has 1 fully saturated rings. The second kappa shape index (κ2) is 10.8. The Kier molecular flexibility index (Phi) is 8.71. The molecule has 1 aromatic carbocycles. The maximum absolute atomic E-state index is 12.2. The molecule has 5 N–H and O–H groups in total. The summed E-state index contributed by atoms with van der Waals surface area (Å²) in [5.74, 6) is -2.32. The van der Waals surface area contributed by atoms with Crippen molar-refractivity contribution in [2.24, 2.45) is 0 Å². The third-order valence-corrected chi connectivity index (χ3v) is 4.66. The van der Waals surface area contributed by atoms with E-state index >= 15 is 0 Å². The van der Waals surface area contributed by atoms with Gasteiger partial charge < -0.3 is 39.7 Å². The van der Waals surface area contributed by atoms with Crippen molar-refractivity contribution in [3.63, 3.8) is 0 Å². The Balaban J connectivity index is 1.98. The fourth-order valence-corrected chi connectivity index (χ4v) is 3.16. The molecule has 10 nitrogen and oxygen atoms in total. The number of esters is 1. The predicted octanol–water partition coefficient (Wildman–Crippen LogP) is -0.788. The van der Waals surface area contributed by atoms with Gasteiger partial charge in [0, 0.05) is 0 Å². The highest BCUT2D eigenvalue weighted by Gasteiger charge is 2.47. The number of aliphatic carboxylic acids is 1. The van der Waals surface area contributed by atoms with Gasteiger partial charge in [-0.25, -0.2) is 0 Å². The minimum Gasteiger partial charge on any atom is -0.481 e. The van der Waals surface area contributed by atoms with Crippen LogP contribution < -0.4 is 0 Å². The molecular weight excluding hydrogens is 400 g/mol. The van der Waals surface area contributed by atoms with Crippen LogP contribution >= 0.6 is 0 Å². The Labute approximate surface area is 173 Å². The molecular formula is C20H28O10. The van der Waals surface area contributed by atoms with E-state index in [1.165, 1.54) is 0 Å². The Hall–Kier alpha value is -2.08. The molecule has 6 atom stereocenters. The first-order valence-electron chi connectivity index (χ1n) is 9.54. The monoisotopic (exact) mass is 428 g/mol. The number of aliphatic hydroxyl groups is 4. The van der Waals surface area contributed by atoms with Crippen LogP contribution in [-0.4, -0.2) is 87.0 Å². The van der Waals surface area contributed by atoms with Crippen LogP contribution in [0.25, 0.3) is 0 Å². The summed E-state index contributed by atoms with van der Waals surface area (Å²) in [6.07, 6.45) is -7.89. The molecule has 2 rings (SSSR count). The van der Waals surface area contributed by atoms with Gasteiger partial charge in [-0.15, -0.1) is 0 Å². The highest BCUT2D eigenvalue weighted by atomic mass is 16.7. The van der Waals surface area contributed by atoms with E-state index in [-0.39, 0.29) is 6.61 Å². The van der Waals surface area contributed by atoms with E-state index in [0.717, 1.165) is 12.5 Å². The molecule has 1 aliphatic heterocycles. The van der Waals surface area contributed by atoms with Gasteiger partial charge in [0.05, 0.1) is 31.7 Å². The lowest BCUT2D eigenvalue weighted by molar-refractivity contribution is -0.303. The van der Waals surface area contributed by atoms with Crippen LogP contribution in [-0.2, 0) is 30.2 Å². The molecule has 1 saturated heterocycles. The molecule has 10 heteroatoms. The van der Waals surface area contributed by atoms with Crippen LogP contribution in [0.2, 0.25) is 0 Å². The Morgan fingerprint density at radius 2 is 1.80 bits per heavy atom. The highest BCUT2D eigenvalue weighted by Crippen LogP contribution is 2.26. The lowest BCUT2D eigenvalue weighted by Gasteiger charge is -2.41. The van der Waals surface area contributed by atoms with Crippen molar-refractivity contribution < 1.29 is 49.3 Å². The minimum absolute atomic E-state index is 0.161. The molecule has 1 unspecified atom stereocenters. The van der Waals surface area contributed by atoms with Crippen molar-refractivity contribution in [1.29, 1.82) is 0 Å². The SMILES string of the molecule is CC(O)(CC(=O)O)CC(=O)O[C@@H]1[C@@H](O)[C@H](OCCc2ccccc2)O[C@H](CO)[C@H]1O. The summed E-state index contributed by atoms with van der Waals surface area (Å²) in [6, 6.07) is 9.41. The average molecular weight is 428 g/mol. The Bertz CT molecular complexity index is 692. The molecule has 30 heavy (non-hydrogen) atoms. The van der Waals surface area contributed by atoms with Gasteiger partial charge in [-0.3, -0.25) is 9.59 Å². The molecule has 0 amide bonds. The van der Waals surface area contributed by atoms with E-state index in [1.54, 1.807) is 0 Å². The molecule has 168 valence electrons. The summed E-state index contributed by atoms with van der Waals surface area (Å²) in [6.45, 7) is 0.705. The van der Waals surface area contributed by atoms with Crippen molar-refractivity contribution >= 4 is 11.9 Å². The number of carboxylic acids is 1. The highest BCUT2D eigenvalue weighted by molar-refractivity contribution is 5.74. The van der Waals surface area contributed by atoms with Gasteiger partial charge in [0.25, 0.3) is 0 Å². The Morgan fingerprint density at radius 1 is 1.13 bits per heavy atom. The van der Waals surface area contributed by atoms with E-state index in [1.807, 2.05) is 30.3 Å². The Morgan fingerprint density at radius 3 is 2.40 bits per heavy atom. The van der Waals surface area contributed by atoms with Gasteiger partial charge in [0.2, 0.25) is 0 Å². The second-order valence-corrected chi connectivity index (χ2v) is 7.51. The molecule has 0 bridgehead atoms. The number of carbonyl (C=O) groups is 2. The zero-order valence-electron chi connectivity index (χ0n) is 16.6. The number of ether oxygens (including phenoxy) is 3. The summed E-state index contributed by atoms with van der Waals surface area (Å²) < 4.78 is 16.0. The largest absolute Gasteiger partial charge is 0.481 e. The van der Waals surface area contributed by atoms with Gasteiger partial charge in [0.15, 0.2) is 12.4 Å². The first kappa shape index (κ1) is 24.2. The normalized spacial score (nSPS) is 28.5. The number of aliphatic hydroxyl groups excluding tert-OH is 3. The van der Waals surface area contributed by atoms with Crippen LogP contribution in [0.1, 0.15) is 25.3 Å².